The van der Waals surface area contributed by atoms with E-state index in [0.29, 0.717) is 37.4 Å². The number of methoxy groups -OCH3 is 2. The highest BCUT2D eigenvalue weighted by Crippen LogP contribution is 2.35. The van der Waals surface area contributed by atoms with E-state index in [1.807, 2.05) is 4.90 Å². The number of carbonyl (C=O) groups is 1. The average Bonchev–Trinajstić information content (AvgIpc) is 3.37. The molecule has 0 unspecified atom stereocenters. The minimum Gasteiger partial charge on any atom is -0.494 e. The summed E-state index contributed by atoms with van der Waals surface area (Å²) < 4.78 is 50.3. The predicted octanol–water partition coefficient (Wildman–Crippen LogP) is 4.84. The zero-order valence-corrected chi connectivity index (χ0v) is 20.8. The smallest absolute Gasteiger partial charge is 0.294 e. The van der Waals surface area contributed by atoms with Crippen molar-refractivity contribution in [3.8, 4) is 11.5 Å². The molecule has 11 nitrogen and oxygen atoms in total. The van der Waals surface area contributed by atoms with Crippen LogP contribution >= 0.6 is 0 Å². The molecule has 4 aromatic rings. The number of anilines is 3. The fraction of sp³-hybridized carbons (Fsp3) is 0.231. The minimum absolute atomic E-state index is 0.151. The van der Waals surface area contributed by atoms with Crippen LogP contribution in [0, 0.1) is 21.7 Å². The van der Waals surface area contributed by atoms with Gasteiger partial charge in [-0.25, -0.2) is 13.8 Å². The molecule has 0 bridgehead atoms. The molecule has 2 aromatic carbocycles. The maximum absolute atomic E-state index is 14.8. The Labute approximate surface area is 220 Å². The van der Waals surface area contributed by atoms with Gasteiger partial charge in [-0.1, -0.05) is 0 Å². The van der Waals surface area contributed by atoms with E-state index in [4.69, 9.17) is 18.6 Å². The highest BCUT2D eigenvalue weighted by atomic mass is 19.1. The number of ether oxygens (including phenoxy) is 3. The molecule has 202 valence electrons. The molecule has 5 rings (SSSR count). The molecule has 0 saturated carbocycles. The van der Waals surface area contributed by atoms with E-state index in [0.717, 1.165) is 6.07 Å². The molecular weight excluding hydrogens is 518 g/mol. The lowest BCUT2D eigenvalue weighted by atomic mass is 10.1. The van der Waals surface area contributed by atoms with Gasteiger partial charge >= 0.3 is 0 Å². The van der Waals surface area contributed by atoms with Crippen molar-refractivity contribution < 1.29 is 37.1 Å². The monoisotopic (exact) mass is 540 g/mol. The van der Waals surface area contributed by atoms with Crippen LogP contribution in [0.25, 0.3) is 11.0 Å². The number of morpholine rings is 1. The third kappa shape index (κ3) is 4.91. The van der Waals surface area contributed by atoms with Crippen LogP contribution in [0.4, 0.5) is 31.7 Å². The lowest BCUT2D eigenvalue weighted by Gasteiger charge is -2.28. The van der Waals surface area contributed by atoms with Gasteiger partial charge in [-0.3, -0.25) is 14.9 Å². The Hall–Kier alpha value is -4.78. The predicted molar refractivity (Wildman–Crippen MR) is 136 cm³/mol. The first-order valence-electron chi connectivity index (χ1n) is 11.7. The quantitative estimate of drug-likeness (QED) is 0.188. The maximum atomic E-state index is 14.8. The van der Waals surface area contributed by atoms with Crippen molar-refractivity contribution in [1.29, 1.82) is 0 Å². The number of hydrogen-bond donors (Lipinski definition) is 1. The average molecular weight is 540 g/mol. The van der Waals surface area contributed by atoms with Crippen LogP contribution in [0.3, 0.4) is 0 Å². The van der Waals surface area contributed by atoms with Gasteiger partial charge in [0.1, 0.15) is 17.1 Å². The lowest BCUT2D eigenvalue weighted by Crippen LogP contribution is -2.36. The highest BCUT2D eigenvalue weighted by molar-refractivity contribution is 6.10. The van der Waals surface area contributed by atoms with Crippen LogP contribution in [0.1, 0.15) is 16.1 Å². The SMILES string of the molecule is COc1cc(OC)c(F)c(C(=O)c2cc3cc(Nc4ccc(N5CCOCC5)cc4[N+](=O)[O-])ncc3o2)c1F. The number of ketones is 1. The van der Waals surface area contributed by atoms with Crippen LogP contribution in [0.5, 0.6) is 11.5 Å². The van der Waals surface area contributed by atoms with E-state index in [9.17, 15) is 23.7 Å². The van der Waals surface area contributed by atoms with Gasteiger partial charge in [0.25, 0.3) is 5.69 Å². The zero-order chi connectivity index (χ0) is 27.7. The number of benzene rings is 2. The Balaban J connectivity index is 1.45. The molecule has 0 atom stereocenters. The van der Waals surface area contributed by atoms with E-state index < -0.39 is 27.9 Å². The van der Waals surface area contributed by atoms with Crippen molar-refractivity contribution in [3.63, 3.8) is 0 Å². The van der Waals surface area contributed by atoms with E-state index in [1.54, 1.807) is 12.1 Å². The van der Waals surface area contributed by atoms with Gasteiger partial charge < -0.3 is 28.8 Å². The molecule has 1 fully saturated rings. The molecule has 1 N–H and O–H groups in total. The number of rotatable bonds is 8. The molecule has 2 aromatic heterocycles. The molecule has 39 heavy (non-hydrogen) atoms. The first-order valence-corrected chi connectivity index (χ1v) is 11.7. The summed E-state index contributed by atoms with van der Waals surface area (Å²) in [6.07, 6.45) is 1.29. The number of fused-ring (bicyclic) bond motifs is 1. The summed E-state index contributed by atoms with van der Waals surface area (Å²) in [5, 5.41) is 15.1. The normalized spacial score (nSPS) is 13.4. The van der Waals surface area contributed by atoms with Gasteiger partial charge in [0, 0.05) is 36.3 Å². The van der Waals surface area contributed by atoms with Crippen molar-refractivity contribution in [1.82, 2.24) is 4.98 Å². The Morgan fingerprint density at radius 3 is 2.41 bits per heavy atom. The Kier molecular flexibility index (Phi) is 6.98. The second-order valence-corrected chi connectivity index (χ2v) is 8.51. The van der Waals surface area contributed by atoms with Crippen LogP contribution in [-0.4, -0.2) is 56.2 Å². The molecule has 1 saturated heterocycles. The summed E-state index contributed by atoms with van der Waals surface area (Å²) >= 11 is 0. The number of nitrogens with zero attached hydrogens (tertiary/aromatic N) is 3. The first kappa shape index (κ1) is 25.9. The third-order valence-electron chi connectivity index (χ3n) is 6.25. The van der Waals surface area contributed by atoms with Crippen LogP contribution < -0.4 is 19.7 Å². The molecule has 3 heterocycles. The summed E-state index contributed by atoms with van der Waals surface area (Å²) in [7, 11) is 2.35. The number of nitro groups is 1. The number of carbonyl (C=O) groups excluding carboxylic acids is 1. The maximum Gasteiger partial charge on any atom is 0.294 e. The number of halogens is 2. The summed E-state index contributed by atoms with van der Waals surface area (Å²) in [4.78, 5) is 30.5. The number of furan rings is 1. The Bertz CT molecular complexity index is 1560. The van der Waals surface area contributed by atoms with Crippen molar-refractivity contribution in [2.45, 2.75) is 0 Å². The lowest BCUT2D eigenvalue weighted by molar-refractivity contribution is -0.383. The first-order chi connectivity index (χ1) is 18.8. The second kappa shape index (κ2) is 10.5. The third-order valence-corrected chi connectivity index (χ3v) is 6.25. The summed E-state index contributed by atoms with van der Waals surface area (Å²) in [5.41, 5.74) is 0.0213. The van der Waals surface area contributed by atoms with Gasteiger partial charge in [-0.2, -0.15) is 0 Å². The number of pyridine rings is 1. The van der Waals surface area contributed by atoms with Crippen LogP contribution in [0.15, 0.2) is 47.0 Å². The van der Waals surface area contributed by atoms with Gasteiger partial charge in [0.15, 0.2) is 34.5 Å². The van der Waals surface area contributed by atoms with Gasteiger partial charge in [-0.05, 0) is 24.3 Å². The van der Waals surface area contributed by atoms with Crippen molar-refractivity contribution in [2.24, 2.45) is 0 Å². The molecule has 0 aliphatic carbocycles. The number of hydrogen-bond acceptors (Lipinski definition) is 10. The summed E-state index contributed by atoms with van der Waals surface area (Å²) in [6.45, 7) is 2.33. The molecule has 0 radical (unpaired) electrons. The summed E-state index contributed by atoms with van der Waals surface area (Å²) in [5.74, 6) is -4.33. The van der Waals surface area contributed by atoms with Crippen molar-refractivity contribution in [2.75, 3.05) is 50.7 Å². The minimum atomic E-state index is -1.20. The standard InChI is InChI=1S/C26H22F2N4O7/c1-36-18-12-19(37-2)25(28)23(24(18)27)26(33)20-9-14-10-22(29-13-21(14)39-20)30-16-4-3-15(11-17(16)32(34)35)31-5-7-38-8-6-31/h3-4,9-13H,5-8H2,1-2H3,(H,29,30). The largest absolute Gasteiger partial charge is 0.494 e. The second-order valence-electron chi connectivity index (χ2n) is 8.51. The number of nitro benzene ring substituents is 1. The van der Waals surface area contributed by atoms with Gasteiger partial charge in [0.05, 0.1) is 38.6 Å². The van der Waals surface area contributed by atoms with E-state index in [-0.39, 0.29) is 40.0 Å². The van der Waals surface area contributed by atoms with Crippen molar-refractivity contribution >= 4 is 39.6 Å². The van der Waals surface area contributed by atoms with E-state index in [2.05, 4.69) is 10.3 Å². The molecule has 1 aliphatic heterocycles. The van der Waals surface area contributed by atoms with E-state index >= 15 is 0 Å². The Morgan fingerprint density at radius 2 is 1.77 bits per heavy atom. The topological polar surface area (TPSA) is 129 Å². The zero-order valence-electron chi connectivity index (χ0n) is 20.8. The van der Waals surface area contributed by atoms with Gasteiger partial charge in [-0.15, -0.1) is 0 Å². The van der Waals surface area contributed by atoms with Gasteiger partial charge in [0.2, 0.25) is 5.78 Å². The molecule has 0 spiro atoms. The number of nitrogens with one attached hydrogen (secondary N) is 1. The van der Waals surface area contributed by atoms with Crippen LogP contribution in [-0.2, 0) is 4.74 Å². The molecule has 0 amide bonds. The Morgan fingerprint density at radius 1 is 1.08 bits per heavy atom. The fourth-order valence-corrected chi connectivity index (χ4v) is 4.27. The molecule has 1 aliphatic rings. The fourth-order valence-electron chi connectivity index (χ4n) is 4.27. The molecular formula is C26H22F2N4O7. The molecule has 13 heteroatoms. The van der Waals surface area contributed by atoms with E-state index in [1.165, 1.54) is 38.6 Å². The summed E-state index contributed by atoms with van der Waals surface area (Å²) in [6, 6.07) is 8.61. The highest BCUT2D eigenvalue weighted by Gasteiger charge is 2.28. The van der Waals surface area contributed by atoms with Crippen molar-refractivity contribution in [3.05, 3.63) is 75.7 Å². The number of aromatic nitrogens is 1. The van der Waals surface area contributed by atoms with Crippen LogP contribution in [0.2, 0.25) is 0 Å².